The Morgan fingerprint density at radius 3 is 2.54 bits per heavy atom. The maximum Gasteiger partial charge on any atom is 0.331 e. The summed E-state index contributed by atoms with van der Waals surface area (Å²) in [6.07, 6.45) is 2.95. The van der Waals surface area contributed by atoms with E-state index < -0.39 is 16.1 Å². The van der Waals surface area contributed by atoms with Gasteiger partial charge in [0.2, 0.25) is 0 Å². The van der Waals surface area contributed by atoms with Crippen LogP contribution in [0.15, 0.2) is 53.4 Å². The van der Waals surface area contributed by atoms with Crippen LogP contribution in [0, 0.1) is 0 Å². The van der Waals surface area contributed by atoms with Crippen molar-refractivity contribution in [2.45, 2.75) is 30.2 Å². The van der Waals surface area contributed by atoms with Gasteiger partial charge in [-0.25, -0.2) is 17.5 Å². The van der Waals surface area contributed by atoms with Crippen molar-refractivity contribution in [3.05, 3.63) is 65.2 Å². The molecular weight excluding hydrogens is 324 g/mol. The molecule has 24 heavy (non-hydrogen) atoms. The van der Waals surface area contributed by atoms with Gasteiger partial charge in [-0.2, -0.15) is 0 Å². The third-order valence-electron chi connectivity index (χ3n) is 4.73. The van der Waals surface area contributed by atoms with Gasteiger partial charge < -0.3 is 5.32 Å². The molecule has 1 fully saturated rings. The molecule has 2 amide bonds. The molecule has 5 nitrogen and oxygen atoms in total. The molecule has 0 bridgehead atoms. The van der Waals surface area contributed by atoms with Crippen LogP contribution >= 0.6 is 0 Å². The van der Waals surface area contributed by atoms with E-state index in [0.717, 1.165) is 34.7 Å². The van der Waals surface area contributed by atoms with E-state index in [2.05, 4.69) is 5.32 Å². The minimum absolute atomic E-state index is 0.113. The van der Waals surface area contributed by atoms with Gasteiger partial charge in [-0.1, -0.05) is 36.4 Å². The highest BCUT2D eigenvalue weighted by Gasteiger charge is 2.38. The molecule has 1 heterocycles. The largest absolute Gasteiger partial charge is 0.331 e. The number of hydrogen-bond acceptors (Lipinski definition) is 3. The highest BCUT2D eigenvalue weighted by Crippen LogP contribution is 2.29. The lowest BCUT2D eigenvalue weighted by Crippen LogP contribution is -2.34. The van der Waals surface area contributed by atoms with Crippen molar-refractivity contribution in [1.29, 1.82) is 0 Å². The van der Waals surface area contributed by atoms with Gasteiger partial charge >= 0.3 is 6.03 Å². The van der Waals surface area contributed by atoms with Crippen molar-refractivity contribution in [3.8, 4) is 0 Å². The molecule has 1 saturated heterocycles. The standard InChI is InChI=1S/C18H18N2O3S/c21-18-19-17(14-5-2-1-3-6-14)12-20(18)24(22,23)16-10-9-13-7-4-8-15(13)11-16/h1-3,5-6,9-11,17H,4,7-8,12H2,(H,19,21). The lowest BCUT2D eigenvalue weighted by molar-refractivity contribution is 0.235. The molecule has 124 valence electrons. The molecule has 6 heteroatoms. The van der Waals surface area contributed by atoms with Gasteiger partial charge in [0.15, 0.2) is 0 Å². The topological polar surface area (TPSA) is 66.5 Å². The Bertz CT molecular complexity index is 894. The van der Waals surface area contributed by atoms with Gasteiger partial charge in [0, 0.05) is 0 Å². The molecule has 2 aromatic rings. The van der Waals surface area contributed by atoms with Crippen LogP contribution in [0.1, 0.15) is 29.2 Å². The first-order valence-corrected chi connectivity index (χ1v) is 9.50. The van der Waals surface area contributed by atoms with E-state index in [1.165, 1.54) is 5.56 Å². The summed E-state index contributed by atoms with van der Waals surface area (Å²) >= 11 is 0. The quantitative estimate of drug-likeness (QED) is 0.932. The van der Waals surface area contributed by atoms with Gasteiger partial charge in [-0.05, 0) is 48.1 Å². The number of rotatable bonds is 3. The minimum Gasteiger partial charge on any atom is -0.328 e. The highest BCUT2D eigenvalue weighted by atomic mass is 32.2. The van der Waals surface area contributed by atoms with Crippen molar-refractivity contribution in [2.24, 2.45) is 0 Å². The zero-order valence-corrected chi connectivity index (χ0v) is 13.9. The van der Waals surface area contributed by atoms with Crippen LogP contribution in [0.2, 0.25) is 0 Å². The second-order valence-electron chi connectivity index (χ2n) is 6.23. The fourth-order valence-corrected chi connectivity index (χ4v) is 4.83. The SMILES string of the molecule is O=C1NC(c2ccccc2)CN1S(=O)(=O)c1ccc2c(c1)CCC2. The molecule has 0 radical (unpaired) electrons. The monoisotopic (exact) mass is 342 g/mol. The van der Waals surface area contributed by atoms with Gasteiger partial charge in [-0.3, -0.25) is 0 Å². The third-order valence-corrected chi connectivity index (χ3v) is 6.48. The minimum atomic E-state index is -3.83. The van der Waals surface area contributed by atoms with Gasteiger partial charge in [0.25, 0.3) is 10.0 Å². The van der Waals surface area contributed by atoms with E-state index in [9.17, 15) is 13.2 Å². The normalized spacial score (nSPS) is 20.1. The lowest BCUT2D eigenvalue weighted by atomic mass is 10.1. The number of nitrogens with zero attached hydrogens (tertiary/aromatic N) is 1. The van der Waals surface area contributed by atoms with Gasteiger partial charge in [0.1, 0.15) is 0 Å². The maximum absolute atomic E-state index is 12.9. The average molecular weight is 342 g/mol. The predicted octanol–water partition coefficient (Wildman–Crippen LogP) is 2.63. The van der Waals surface area contributed by atoms with E-state index in [1.54, 1.807) is 12.1 Å². The number of sulfonamides is 1. The second-order valence-corrected chi connectivity index (χ2v) is 8.10. The van der Waals surface area contributed by atoms with Crippen LogP contribution in [-0.2, 0) is 22.9 Å². The first kappa shape index (κ1) is 15.2. The molecule has 2 aromatic carbocycles. The number of urea groups is 1. The number of hydrogen-bond donors (Lipinski definition) is 1. The van der Waals surface area contributed by atoms with Crippen LogP contribution in [0.4, 0.5) is 4.79 Å². The zero-order valence-electron chi connectivity index (χ0n) is 13.1. The van der Waals surface area contributed by atoms with Crippen LogP contribution in [0.3, 0.4) is 0 Å². The Morgan fingerprint density at radius 2 is 1.75 bits per heavy atom. The first-order valence-electron chi connectivity index (χ1n) is 8.06. The average Bonchev–Trinajstić information content (AvgIpc) is 3.21. The molecule has 1 unspecified atom stereocenters. The Morgan fingerprint density at radius 1 is 1.00 bits per heavy atom. The molecular formula is C18H18N2O3S. The Labute approximate surface area is 141 Å². The molecule has 1 N–H and O–H groups in total. The molecule has 1 atom stereocenters. The predicted molar refractivity (Wildman–Crippen MR) is 90.1 cm³/mol. The fourth-order valence-electron chi connectivity index (χ4n) is 3.43. The molecule has 2 aliphatic rings. The highest BCUT2D eigenvalue weighted by molar-refractivity contribution is 7.89. The van der Waals surface area contributed by atoms with Gasteiger partial charge in [0.05, 0.1) is 17.5 Å². The van der Waals surface area contributed by atoms with Crippen molar-refractivity contribution in [1.82, 2.24) is 9.62 Å². The van der Waals surface area contributed by atoms with Crippen LogP contribution in [0.5, 0.6) is 0 Å². The van der Waals surface area contributed by atoms with Crippen molar-refractivity contribution in [2.75, 3.05) is 6.54 Å². The Hall–Kier alpha value is -2.34. The van der Waals surface area contributed by atoms with Crippen molar-refractivity contribution >= 4 is 16.1 Å². The van der Waals surface area contributed by atoms with Crippen molar-refractivity contribution in [3.63, 3.8) is 0 Å². The summed E-state index contributed by atoms with van der Waals surface area (Å²) in [7, 11) is -3.83. The number of aryl methyl sites for hydroxylation is 2. The maximum atomic E-state index is 12.9. The number of fused-ring (bicyclic) bond motifs is 1. The van der Waals surface area contributed by atoms with Crippen molar-refractivity contribution < 1.29 is 13.2 Å². The molecule has 1 aliphatic heterocycles. The van der Waals surface area contributed by atoms with Crippen LogP contribution < -0.4 is 5.32 Å². The number of amides is 2. The summed E-state index contributed by atoms with van der Waals surface area (Å²) in [6.45, 7) is 0.113. The lowest BCUT2D eigenvalue weighted by Gasteiger charge is -2.16. The zero-order chi connectivity index (χ0) is 16.7. The van der Waals surface area contributed by atoms with Crippen LogP contribution in [-0.4, -0.2) is 25.3 Å². The smallest absolute Gasteiger partial charge is 0.328 e. The molecule has 4 rings (SSSR count). The summed E-state index contributed by atoms with van der Waals surface area (Å²) in [5.41, 5.74) is 3.19. The fraction of sp³-hybridized carbons (Fsp3) is 0.278. The second kappa shape index (κ2) is 5.63. The molecule has 0 saturated carbocycles. The van der Waals surface area contributed by atoms with E-state index in [0.29, 0.717) is 0 Å². The van der Waals surface area contributed by atoms with E-state index in [-0.39, 0.29) is 17.5 Å². The number of nitrogens with one attached hydrogen (secondary N) is 1. The molecule has 0 aromatic heterocycles. The number of benzene rings is 2. The Balaban J connectivity index is 1.64. The molecule has 0 spiro atoms. The summed E-state index contributed by atoms with van der Waals surface area (Å²) in [6, 6.07) is 13.7. The Kier molecular flexibility index (Phi) is 3.57. The summed E-state index contributed by atoms with van der Waals surface area (Å²) in [4.78, 5) is 12.4. The summed E-state index contributed by atoms with van der Waals surface area (Å²) in [5, 5.41) is 2.76. The first-order chi connectivity index (χ1) is 11.6. The summed E-state index contributed by atoms with van der Waals surface area (Å²) < 4.78 is 26.7. The van der Waals surface area contributed by atoms with E-state index in [4.69, 9.17) is 0 Å². The van der Waals surface area contributed by atoms with Gasteiger partial charge in [-0.15, -0.1) is 0 Å². The van der Waals surface area contributed by atoms with E-state index in [1.807, 2.05) is 36.4 Å². The summed E-state index contributed by atoms with van der Waals surface area (Å²) in [5.74, 6) is 0. The number of carbonyl (C=O) groups excluding carboxylic acids is 1. The number of carbonyl (C=O) groups is 1. The van der Waals surface area contributed by atoms with E-state index >= 15 is 0 Å². The molecule has 1 aliphatic carbocycles. The van der Waals surface area contributed by atoms with Crippen LogP contribution in [0.25, 0.3) is 0 Å². The third kappa shape index (κ3) is 2.47.